The van der Waals surface area contributed by atoms with Gasteiger partial charge in [-0.15, -0.1) is 0 Å². The van der Waals surface area contributed by atoms with E-state index in [0.29, 0.717) is 23.1 Å². The summed E-state index contributed by atoms with van der Waals surface area (Å²) in [6.07, 6.45) is 0. The molecule has 0 bridgehead atoms. The van der Waals surface area contributed by atoms with Gasteiger partial charge in [0.15, 0.2) is 10.9 Å². The van der Waals surface area contributed by atoms with E-state index in [9.17, 15) is 14.0 Å². The second kappa shape index (κ2) is 9.95. The zero-order valence-corrected chi connectivity index (χ0v) is 20.4. The second-order valence-corrected chi connectivity index (χ2v) is 9.12. The van der Waals surface area contributed by atoms with E-state index in [-0.39, 0.29) is 34.0 Å². The minimum atomic E-state index is -0.537. The van der Waals surface area contributed by atoms with Crippen LogP contribution in [0.2, 0.25) is 0 Å². The molecule has 8 heteroatoms. The molecule has 4 rings (SSSR count). The van der Waals surface area contributed by atoms with Crippen molar-refractivity contribution in [2.24, 2.45) is 0 Å². The van der Waals surface area contributed by atoms with E-state index in [1.807, 2.05) is 26.8 Å². The predicted molar refractivity (Wildman–Crippen MR) is 133 cm³/mol. The molecule has 0 unspecified atom stereocenters. The number of thioether (sulfide) groups is 1. The van der Waals surface area contributed by atoms with Crippen molar-refractivity contribution in [1.82, 2.24) is 14.1 Å². The van der Waals surface area contributed by atoms with Crippen LogP contribution < -0.4 is 5.56 Å². The Morgan fingerprint density at radius 2 is 1.85 bits per heavy atom. The lowest BCUT2D eigenvalue weighted by Crippen LogP contribution is -2.23. The summed E-state index contributed by atoms with van der Waals surface area (Å²) >= 11 is 1.13. The third-order valence-corrected chi connectivity index (χ3v) is 6.74. The zero-order valence-electron chi connectivity index (χ0n) is 19.5. The summed E-state index contributed by atoms with van der Waals surface area (Å²) in [5, 5.41) is 0.654. The van der Waals surface area contributed by atoms with Gasteiger partial charge in [0.05, 0.1) is 35.0 Å². The van der Waals surface area contributed by atoms with Gasteiger partial charge >= 0.3 is 0 Å². The van der Waals surface area contributed by atoms with Crippen LogP contribution in [0.15, 0.2) is 64.5 Å². The molecule has 0 aliphatic heterocycles. The Labute approximate surface area is 201 Å². The van der Waals surface area contributed by atoms with Crippen LogP contribution in [0, 0.1) is 19.7 Å². The Kier molecular flexibility index (Phi) is 7.00. The van der Waals surface area contributed by atoms with Crippen LogP contribution in [-0.4, -0.2) is 39.4 Å². The highest BCUT2D eigenvalue weighted by molar-refractivity contribution is 7.99. The summed E-state index contributed by atoms with van der Waals surface area (Å²) in [7, 11) is 1.65. The van der Waals surface area contributed by atoms with Gasteiger partial charge in [-0.1, -0.05) is 36.0 Å². The fraction of sp³-hybridized carbons (Fsp3) is 0.269. The van der Waals surface area contributed by atoms with E-state index in [2.05, 4.69) is 9.55 Å². The van der Waals surface area contributed by atoms with Gasteiger partial charge in [-0.2, -0.15) is 0 Å². The smallest absolute Gasteiger partial charge is 0.266 e. The van der Waals surface area contributed by atoms with Crippen LogP contribution in [0.4, 0.5) is 4.39 Å². The Balaban J connectivity index is 1.72. The molecule has 0 spiro atoms. The van der Waals surface area contributed by atoms with Gasteiger partial charge in [0.1, 0.15) is 5.82 Å². The normalized spacial score (nSPS) is 12.3. The summed E-state index contributed by atoms with van der Waals surface area (Å²) in [4.78, 5) is 31.1. The lowest BCUT2D eigenvalue weighted by atomic mass is 10.2. The lowest BCUT2D eigenvalue weighted by Gasteiger charge is -2.17. The number of carbonyl (C=O) groups excluding carboxylic acids is 1. The molecule has 0 radical (unpaired) electrons. The summed E-state index contributed by atoms with van der Waals surface area (Å²) < 4.78 is 23.3. The maximum Gasteiger partial charge on any atom is 0.266 e. The lowest BCUT2D eigenvalue weighted by molar-refractivity contribution is 0.102. The third kappa shape index (κ3) is 4.43. The number of Topliss-reactive ketones (excluding diaryl/α,β-unsaturated/α-hetero) is 1. The summed E-state index contributed by atoms with van der Waals surface area (Å²) in [5.41, 5.74) is 2.69. The van der Waals surface area contributed by atoms with E-state index in [1.165, 1.54) is 16.7 Å². The molecule has 2 heterocycles. The molecular weight excluding hydrogens is 453 g/mol. The van der Waals surface area contributed by atoms with Crippen LogP contribution in [0.3, 0.4) is 0 Å². The molecule has 0 aliphatic rings. The van der Waals surface area contributed by atoms with Crippen molar-refractivity contribution in [1.29, 1.82) is 0 Å². The molecule has 0 saturated heterocycles. The molecule has 0 amide bonds. The average molecular weight is 480 g/mol. The highest BCUT2D eigenvalue weighted by Crippen LogP contribution is 2.26. The Hall–Kier alpha value is -3.23. The van der Waals surface area contributed by atoms with Crippen molar-refractivity contribution in [3.63, 3.8) is 0 Å². The molecule has 1 atom stereocenters. The maximum absolute atomic E-state index is 14.7. The van der Waals surface area contributed by atoms with Crippen molar-refractivity contribution in [2.45, 2.75) is 32.0 Å². The van der Waals surface area contributed by atoms with E-state index in [0.717, 1.165) is 23.1 Å². The number of ketones is 1. The Bertz CT molecular complexity index is 1430. The van der Waals surface area contributed by atoms with Gasteiger partial charge < -0.3 is 9.30 Å². The van der Waals surface area contributed by atoms with E-state index in [4.69, 9.17) is 4.74 Å². The van der Waals surface area contributed by atoms with Crippen molar-refractivity contribution < 1.29 is 13.9 Å². The molecule has 2 aromatic heterocycles. The molecule has 2 aromatic carbocycles. The van der Waals surface area contributed by atoms with Crippen molar-refractivity contribution in [3.8, 4) is 5.69 Å². The van der Waals surface area contributed by atoms with Gasteiger partial charge in [0, 0.05) is 24.1 Å². The molecule has 4 aromatic rings. The van der Waals surface area contributed by atoms with E-state index >= 15 is 0 Å². The minimum absolute atomic E-state index is 0.0577. The summed E-state index contributed by atoms with van der Waals surface area (Å²) in [6, 6.07) is 15.0. The molecule has 176 valence electrons. The van der Waals surface area contributed by atoms with Crippen LogP contribution in [0.25, 0.3) is 16.6 Å². The molecular formula is C26H26FN3O3S. The van der Waals surface area contributed by atoms with Crippen molar-refractivity contribution in [3.05, 3.63) is 87.7 Å². The standard InChI is InChI=1S/C26H26FN3O3S/c1-16-13-20(18(3)29(16)17(2)14-33-4)24(31)15-34-26-28-22-11-7-5-9-19(22)25(32)30(26)23-12-8-6-10-21(23)27/h5-13,17H,14-15H2,1-4H3/t17-/m0/s1. The summed E-state index contributed by atoms with van der Waals surface area (Å²) in [6.45, 7) is 6.46. The van der Waals surface area contributed by atoms with Gasteiger partial charge in [-0.25, -0.2) is 9.37 Å². The molecule has 34 heavy (non-hydrogen) atoms. The highest BCUT2D eigenvalue weighted by atomic mass is 32.2. The van der Waals surface area contributed by atoms with Crippen molar-refractivity contribution in [2.75, 3.05) is 19.5 Å². The van der Waals surface area contributed by atoms with Gasteiger partial charge in [0.2, 0.25) is 0 Å². The Morgan fingerprint density at radius 3 is 2.59 bits per heavy atom. The Morgan fingerprint density at radius 1 is 1.15 bits per heavy atom. The minimum Gasteiger partial charge on any atom is -0.383 e. The number of fused-ring (bicyclic) bond motifs is 1. The van der Waals surface area contributed by atoms with E-state index in [1.54, 1.807) is 43.5 Å². The van der Waals surface area contributed by atoms with Crippen LogP contribution >= 0.6 is 11.8 Å². The number of ether oxygens (including phenoxy) is 1. The number of carbonyl (C=O) groups is 1. The second-order valence-electron chi connectivity index (χ2n) is 8.17. The van der Waals surface area contributed by atoms with E-state index < -0.39 is 5.82 Å². The average Bonchev–Trinajstić information content (AvgIpc) is 3.12. The molecule has 0 aliphatic carbocycles. The van der Waals surface area contributed by atoms with Gasteiger partial charge in [0.25, 0.3) is 5.56 Å². The number of hydrogen-bond acceptors (Lipinski definition) is 5. The number of halogens is 1. The number of aryl methyl sites for hydroxylation is 1. The van der Waals surface area contributed by atoms with Gasteiger partial charge in [-0.3, -0.25) is 14.2 Å². The number of para-hydroxylation sites is 2. The highest BCUT2D eigenvalue weighted by Gasteiger charge is 2.21. The first-order valence-electron chi connectivity index (χ1n) is 10.9. The number of methoxy groups -OCH3 is 1. The molecule has 6 nitrogen and oxygen atoms in total. The number of hydrogen-bond donors (Lipinski definition) is 0. The van der Waals surface area contributed by atoms with Crippen LogP contribution in [-0.2, 0) is 4.74 Å². The number of benzene rings is 2. The first kappa shape index (κ1) is 23.9. The molecule has 0 N–H and O–H groups in total. The number of aromatic nitrogens is 3. The first-order chi connectivity index (χ1) is 16.3. The zero-order chi connectivity index (χ0) is 24.4. The maximum atomic E-state index is 14.7. The molecule has 0 fully saturated rings. The fourth-order valence-corrected chi connectivity index (χ4v) is 5.20. The quantitative estimate of drug-likeness (QED) is 0.199. The summed E-state index contributed by atoms with van der Waals surface area (Å²) in [5.74, 6) is -0.565. The molecule has 0 saturated carbocycles. The number of nitrogens with zero attached hydrogens (tertiary/aromatic N) is 3. The first-order valence-corrected chi connectivity index (χ1v) is 11.9. The predicted octanol–water partition coefficient (Wildman–Crippen LogP) is 5.13. The van der Waals surface area contributed by atoms with Gasteiger partial charge in [-0.05, 0) is 51.1 Å². The topological polar surface area (TPSA) is 66.1 Å². The number of rotatable bonds is 8. The fourth-order valence-electron chi connectivity index (χ4n) is 4.32. The van der Waals surface area contributed by atoms with Crippen molar-refractivity contribution >= 4 is 28.4 Å². The van der Waals surface area contributed by atoms with Crippen LogP contribution in [0.1, 0.15) is 34.7 Å². The van der Waals surface area contributed by atoms with Crippen LogP contribution in [0.5, 0.6) is 0 Å². The third-order valence-electron chi connectivity index (χ3n) is 5.80. The monoisotopic (exact) mass is 479 g/mol. The largest absolute Gasteiger partial charge is 0.383 e. The SMILES string of the molecule is COC[C@H](C)n1c(C)cc(C(=O)CSc2nc3ccccc3c(=O)n2-c2ccccc2F)c1C.